The fourth-order valence-electron chi connectivity index (χ4n) is 10.4. The molecule has 3 N–H and O–H groups in total. The highest BCUT2D eigenvalue weighted by atomic mass is 16.5. The van der Waals surface area contributed by atoms with E-state index >= 15 is 0 Å². The second-order valence-corrected chi connectivity index (χ2v) is 22.8. The topological polar surface area (TPSA) is 95.9 Å². The van der Waals surface area contributed by atoms with Gasteiger partial charge < -0.3 is 20.3 Å². The van der Waals surface area contributed by atoms with Gasteiger partial charge in [0.2, 0.25) is 5.91 Å². The van der Waals surface area contributed by atoms with E-state index in [1.807, 2.05) is 0 Å². The molecule has 0 aliphatic carbocycles. The van der Waals surface area contributed by atoms with Crippen LogP contribution in [0.25, 0.3) is 0 Å². The van der Waals surface area contributed by atoms with Crippen molar-refractivity contribution in [3.8, 4) is 0 Å². The van der Waals surface area contributed by atoms with E-state index in [2.05, 4.69) is 43.5 Å². The van der Waals surface area contributed by atoms with E-state index < -0.39 is 12.1 Å². The van der Waals surface area contributed by atoms with Crippen molar-refractivity contribution in [3.63, 3.8) is 0 Å². The number of hydrogen-bond acceptors (Lipinski definition) is 5. The van der Waals surface area contributed by atoms with Gasteiger partial charge in [0.1, 0.15) is 0 Å². The minimum absolute atomic E-state index is 0.00123. The molecule has 2 unspecified atom stereocenters. The minimum atomic E-state index is -0.666. The highest BCUT2D eigenvalue weighted by Crippen LogP contribution is 2.19. The van der Waals surface area contributed by atoms with Crippen molar-refractivity contribution in [3.05, 3.63) is 24.3 Å². The molecular formula is C67H129NO5. The molecule has 73 heavy (non-hydrogen) atoms. The molecule has 6 heteroatoms. The van der Waals surface area contributed by atoms with Crippen molar-refractivity contribution in [2.24, 2.45) is 0 Å². The van der Waals surface area contributed by atoms with Gasteiger partial charge in [0, 0.05) is 12.8 Å². The van der Waals surface area contributed by atoms with Gasteiger partial charge in [-0.25, -0.2) is 0 Å². The smallest absolute Gasteiger partial charge is 0.305 e. The Bertz CT molecular complexity index is 1140. The van der Waals surface area contributed by atoms with Crippen LogP contribution in [0, 0.1) is 0 Å². The van der Waals surface area contributed by atoms with Crippen LogP contribution in [-0.4, -0.2) is 47.4 Å². The fourth-order valence-corrected chi connectivity index (χ4v) is 10.4. The molecule has 0 saturated carbocycles. The molecule has 0 fully saturated rings. The Balaban J connectivity index is 3.39. The number of carbonyl (C=O) groups excluding carboxylic acids is 2. The summed E-state index contributed by atoms with van der Waals surface area (Å²) in [5, 5.41) is 23.4. The van der Waals surface area contributed by atoms with Crippen molar-refractivity contribution < 1.29 is 24.5 Å². The van der Waals surface area contributed by atoms with Gasteiger partial charge in [0.05, 0.1) is 25.4 Å². The van der Waals surface area contributed by atoms with E-state index in [-0.39, 0.29) is 18.5 Å². The second-order valence-electron chi connectivity index (χ2n) is 22.8. The molecule has 0 rings (SSSR count). The standard InChI is InChI=1S/C67H129NO5/c1-3-5-7-9-11-13-15-17-19-20-21-25-28-32-35-39-43-47-51-55-59-65(70)64(63-69)68-66(71)60-56-52-48-44-40-36-33-29-26-23-22-24-27-30-34-38-42-46-50-54-58-62-73-67(72)61-57-53-49-45-41-37-31-18-16-14-12-10-8-6-4-2/h12,14,18,31,64-65,69-70H,3-11,13,15-17,19-30,32-63H2,1-2H3,(H,68,71)/b14-12-,31-18-. The Morgan fingerprint density at radius 2 is 0.685 bits per heavy atom. The molecule has 6 nitrogen and oxygen atoms in total. The number of allylic oxidation sites excluding steroid dienone is 4. The molecule has 432 valence electrons. The van der Waals surface area contributed by atoms with E-state index in [4.69, 9.17) is 4.74 Å². The van der Waals surface area contributed by atoms with Crippen molar-refractivity contribution >= 4 is 11.9 Å². The largest absolute Gasteiger partial charge is 0.466 e. The molecule has 0 aromatic heterocycles. The number of carbonyl (C=O) groups is 2. The van der Waals surface area contributed by atoms with Crippen LogP contribution in [0.1, 0.15) is 367 Å². The zero-order chi connectivity index (χ0) is 52.9. The third-order valence-corrected chi connectivity index (χ3v) is 15.5. The first-order valence-electron chi connectivity index (χ1n) is 33.1. The number of esters is 1. The van der Waals surface area contributed by atoms with Gasteiger partial charge in [-0.3, -0.25) is 9.59 Å². The minimum Gasteiger partial charge on any atom is -0.466 e. The number of unbranched alkanes of at least 4 members (excludes halogenated alkanes) is 47. The van der Waals surface area contributed by atoms with Crippen LogP contribution in [0.5, 0.6) is 0 Å². The molecule has 0 aromatic carbocycles. The summed E-state index contributed by atoms with van der Waals surface area (Å²) in [5.41, 5.74) is 0. The average molecular weight is 1030 g/mol. The summed E-state index contributed by atoms with van der Waals surface area (Å²) in [6.45, 7) is 4.95. The number of hydrogen-bond donors (Lipinski definition) is 3. The zero-order valence-corrected chi connectivity index (χ0v) is 49.4. The summed E-state index contributed by atoms with van der Waals surface area (Å²) in [5.74, 6) is -0.0337. The maximum atomic E-state index is 12.5. The summed E-state index contributed by atoms with van der Waals surface area (Å²) in [6, 6.07) is -0.543. The predicted octanol–water partition coefficient (Wildman–Crippen LogP) is 21.0. The van der Waals surface area contributed by atoms with Gasteiger partial charge in [-0.1, -0.05) is 321 Å². The lowest BCUT2D eigenvalue weighted by molar-refractivity contribution is -0.143. The highest BCUT2D eigenvalue weighted by molar-refractivity contribution is 5.76. The fraction of sp³-hybridized carbons (Fsp3) is 0.910. The summed E-state index contributed by atoms with van der Waals surface area (Å²) in [4.78, 5) is 24.6. The average Bonchev–Trinajstić information content (AvgIpc) is 3.39. The van der Waals surface area contributed by atoms with Crippen LogP contribution >= 0.6 is 0 Å². The van der Waals surface area contributed by atoms with E-state index in [1.54, 1.807) is 0 Å². The third kappa shape index (κ3) is 59.4. The maximum Gasteiger partial charge on any atom is 0.305 e. The van der Waals surface area contributed by atoms with E-state index in [0.717, 1.165) is 51.4 Å². The maximum absolute atomic E-state index is 12.5. The van der Waals surface area contributed by atoms with Crippen LogP contribution in [0.4, 0.5) is 0 Å². The van der Waals surface area contributed by atoms with Gasteiger partial charge in [0.15, 0.2) is 0 Å². The molecule has 0 spiro atoms. The van der Waals surface area contributed by atoms with Gasteiger partial charge in [-0.2, -0.15) is 0 Å². The molecule has 2 atom stereocenters. The molecule has 0 radical (unpaired) electrons. The Labute approximate surface area is 456 Å². The molecule has 0 aromatic rings. The second kappa shape index (κ2) is 62.9. The molecule has 0 aliphatic rings. The number of aliphatic hydroxyl groups is 2. The van der Waals surface area contributed by atoms with Crippen LogP contribution < -0.4 is 5.32 Å². The first-order chi connectivity index (χ1) is 36.0. The van der Waals surface area contributed by atoms with E-state index in [0.29, 0.717) is 25.9 Å². The normalized spacial score (nSPS) is 12.7. The van der Waals surface area contributed by atoms with Crippen molar-refractivity contribution in [1.29, 1.82) is 0 Å². The van der Waals surface area contributed by atoms with E-state index in [1.165, 1.54) is 283 Å². The number of amides is 1. The summed E-state index contributed by atoms with van der Waals surface area (Å²) in [7, 11) is 0. The van der Waals surface area contributed by atoms with Crippen molar-refractivity contribution in [2.75, 3.05) is 13.2 Å². The first kappa shape index (κ1) is 71.3. The summed E-state index contributed by atoms with van der Waals surface area (Å²) in [6.07, 6.45) is 77.7. The monoisotopic (exact) mass is 1030 g/mol. The van der Waals surface area contributed by atoms with Crippen molar-refractivity contribution in [2.45, 2.75) is 379 Å². The molecule has 0 saturated heterocycles. The lowest BCUT2D eigenvalue weighted by Gasteiger charge is -2.22. The summed E-state index contributed by atoms with van der Waals surface area (Å²) < 4.78 is 5.48. The predicted molar refractivity (Wildman–Crippen MR) is 320 cm³/mol. The number of aliphatic hydroxyl groups excluding tert-OH is 2. The number of ether oxygens (including phenoxy) is 1. The number of rotatable bonds is 62. The van der Waals surface area contributed by atoms with Crippen LogP contribution in [0.15, 0.2) is 24.3 Å². The van der Waals surface area contributed by atoms with Crippen LogP contribution in [0.2, 0.25) is 0 Å². The SMILES string of the molecule is CCCCC/C=C\C/C=C\CCCCCCCC(=O)OCCCCCCCCCCCCCCCCCCCCCCCC(=O)NC(CO)C(O)CCCCCCCCCCCCCCCCCCCCCC. The van der Waals surface area contributed by atoms with Gasteiger partial charge in [-0.15, -0.1) is 0 Å². The van der Waals surface area contributed by atoms with Crippen molar-refractivity contribution in [1.82, 2.24) is 5.32 Å². The third-order valence-electron chi connectivity index (χ3n) is 15.5. The Morgan fingerprint density at radius 1 is 0.384 bits per heavy atom. The van der Waals surface area contributed by atoms with Crippen LogP contribution in [-0.2, 0) is 14.3 Å². The lowest BCUT2D eigenvalue weighted by atomic mass is 10.0. The zero-order valence-electron chi connectivity index (χ0n) is 49.4. The molecular weight excluding hydrogens is 899 g/mol. The number of nitrogens with one attached hydrogen (secondary N) is 1. The lowest BCUT2D eigenvalue weighted by Crippen LogP contribution is -2.45. The molecule has 0 heterocycles. The van der Waals surface area contributed by atoms with Crippen LogP contribution in [0.3, 0.4) is 0 Å². The highest BCUT2D eigenvalue weighted by Gasteiger charge is 2.20. The molecule has 0 bridgehead atoms. The molecule has 0 aliphatic heterocycles. The van der Waals surface area contributed by atoms with E-state index in [9.17, 15) is 19.8 Å². The van der Waals surface area contributed by atoms with Gasteiger partial charge in [0.25, 0.3) is 0 Å². The Hall–Kier alpha value is -1.66. The van der Waals surface area contributed by atoms with Gasteiger partial charge >= 0.3 is 5.97 Å². The first-order valence-corrected chi connectivity index (χ1v) is 33.1. The summed E-state index contributed by atoms with van der Waals surface area (Å²) >= 11 is 0. The molecule has 1 amide bonds. The Morgan fingerprint density at radius 3 is 1.07 bits per heavy atom. The Kier molecular flexibility index (Phi) is 61.4. The quantitative estimate of drug-likeness (QED) is 0.0320. The van der Waals surface area contributed by atoms with Gasteiger partial charge in [-0.05, 0) is 57.8 Å².